The van der Waals surface area contributed by atoms with Crippen LogP contribution in [-0.2, 0) is 19.6 Å². The first kappa shape index (κ1) is 21.8. The number of benzene rings is 1. The lowest BCUT2D eigenvalue weighted by atomic mass is 9.96. The van der Waals surface area contributed by atoms with E-state index in [-0.39, 0.29) is 35.1 Å². The van der Waals surface area contributed by atoms with Crippen LogP contribution in [0, 0.1) is 5.92 Å². The number of nitrogens with one attached hydrogen (secondary N) is 1. The summed E-state index contributed by atoms with van der Waals surface area (Å²) in [5, 5.41) is 2.82. The topological polar surface area (TPSA) is 92.8 Å². The first-order valence-electron chi connectivity index (χ1n) is 10.3. The molecule has 2 saturated carbocycles. The van der Waals surface area contributed by atoms with Crippen LogP contribution in [0.3, 0.4) is 0 Å². The zero-order chi connectivity index (χ0) is 21.0. The Morgan fingerprint density at radius 2 is 1.72 bits per heavy atom. The van der Waals surface area contributed by atoms with Crippen molar-refractivity contribution in [3.8, 4) is 0 Å². The monoisotopic (exact) mass is 422 g/mol. The van der Waals surface area contributed by atoms with Crippen LogP contribution in [-0.4, -0.2) is 50.3 Å². The minimum atomic E-state index is -3.61. The number of ether oxygens (including phenoxy) is 1. The summed E-state index contributed by atoms with van der Waals surface area (Å²) in [6.07, 6.45) is 7.23. The highest BCUT2D eigenvalue weighted by atomic mass is 32.2. The van der Waals surface area contributed by atoms with E-state index in [1.165, 1.54) is 28.6 Å². The Morgan fingerprint density at radius 3 is 2.31 bits per heavy atom. The summed E-state index contributed by atoms with van der Waals surface area (Å²) in [6, 6.07) is 5.80. The molecule has 1 N–H and O–H groups in total. The largest absolute Gasteiger partial charge is 0.452 e. The van der Waals surface area contributed by atoms with E-state index in [4.69, 9.17) is 4.74 Å². The van der Waals surface area contributed by atoms with E-state index in [1.54, 1.807) is 7.05 Å². The highest BCUT2D eigenvalue weighted by Gasteiger charge is 2.30. The lowest BCUT2D eigenvalue weighted by Gasteiger charge is -2.30. The lowest BCUT2D eigenvalue weighted by molar-refractivity contribution is -0.124. The highest BCUT2D eigenvalue weighted by molar-refractivity contribution is 7.89. The number of amides is 1. The second-order valence-corrected chi connectivity index (χ2v) is 10.1. The van der Waals surface area contributed by atoms with Crippen LogP contribution < -0.4 is 5.32 Å². The summed E-state index contributed by atoms with van der Waals surface area (Å²) >= 11 is 0. The van der Waals surface area contributed by atoms with Gasteiger partial charge in [-0.2, -0.15) is 4.31 Å². The molecule has 1 atom stereocenters. The van der Waals surface area contributed by atoms with E-state index < -0.39 is 16.0 Å². The summed E-state index contributed by atoms with van der Waals surface area (Å²) in [5.74, 6) is -0.453. The van der Waals surface area contributed by atoms with Crippen LogP contribution in [0.25, 0.3) is 0 Å². The molecule has 1 aromatic rings. The zero-order valence-electron chi connectivity index (χ0n) is 17.1. The summed E-state index contributed by atoms with van der Waals surface area (Å²) in [6.45, 7) is 1.60. The smallest absolute Gasteiger partial charge is 0.338 e. The van der Waals surface area contributed by atoms with Gasteiger partial charge in [0, 0.05) is 19.1 Å². The normalized spacial score (nSPS) is 19.0. The van der Waals surface area contributed by atoms with Gasteiger partial charge in [-0.3, -0.25) is 4.79 Å². The zero-order valence-corrected chi connectivity index (χ0v) is 17.9. The minimum Gasteiger partial charge on any atom is -0.452 e. The molecule has 160 valence electrons. The third-order valence-electron chi connectivity index (χ3n) is 5.91. The number of hydrogen-bond acceptors (Lipinski definition) is 5. The maximum atomic E-state index is 12.8. The van der Waals surface area contributed by atoms with Gasteiger partial charge in [0.1, 0.15) is 0 Å². The molecular weight excluding hydrogens is 392 g/mol. The number of carbonyl (C=O) groups is 2. The standard InChI is InChI=1S/C21H30N2O5S/c1-15(16-8-9-16)22-20(24)14-28-21(25)17-10-12-19(13-11-17)29(26,27)23(2)18-6-4-3-5-7-18/h10-13,15-16,18H,3-9,14H2,1-2H3,(H,22,24)/t15-/m1/s1. The molecule has 7 nitrogen and oxygen atoms in total. The molecule has 1 aromatic carbocycles. The Balaban J connectivity index is 1.55. The molecule has 1 amide bonds. The van der Waals surface area contributed by atoms with Crippen LogP contribution in [0.2, 0.25) is 0 Å². The molecule has 0 aromatic heterocycles. The molecule has 0 radical (unpaired) electrons. The average Bonchev–Trinajstić information content (AvgIpc) is 3.57. The van der Waals surface area contributed by atoms with Crippen molar-refractivity contribution in [2.45, 2.75) is 68.8 Å². The van der Waals surface area contributed by atoms with Gasteiger partial charge in [0.15, 0.2) is 6.61 Å². The van der Waals surface area contributed by atoms with Crippen molar-refractivity contribution in [2.24, 2.45) is 5.92 Å². The number of nitrogens with zero attached hydrogens (tertiary/aromatic N) is 1. The molecule has 0 spiro atoms. The van der Waals surface area contributed by atoms with Crippen molar-refractivity contribution < 1.29 is 22.7 Å². The van der Waals surface area contributed by atoms with Crippen molar-refractivity contribution in [3.63, 3.8) is 0 Å². The van der Waals surface area contributed by atoms with Gasteiger partial charge < -0.3 is 10.1 Å². The van der Waals surface area contributed by atoms with Gasteiger partial charge in [-0.25, -0.2) is 13.2 Å². The Morgan fingerprint density at radius 1 is 1.10 bits per heavy atom. The maximum Gasteiger partial charge on any atom is 0.338 e. The predicted molar refractivity (Wildman–Crippen MR) is 109 cm³/mol. The predicted octanol–water partition coefficient (Wildman–Crippen LogP) is 2.71. The van der Waals surface area contributed by atoms with E-state index in [2.05, 4.69) is 5.32 Å². The van der Waals surface area contributed by atoms with Crippen molar-refractivity contribution in [1.29, 1.82) is 0 Å². The first-order chi connectivity index (χ1) is 13.8. The van der Waals surface area contributed by atoms with Gasteiger partial charge in [-0.05, 0) is 62.8 Å². The number of hydrogen-bond donors (Lipinski definition) is 1. The van der Waals surface area contributed by atoms with Crippen LogP contribution >= 0.6 is 0 Å². The SMILES string of the molecule is C[C@@H](NC(=O)COC(=O)c1ccc(S(=O)(=O)N(C)C2CCCCC2)cc1)C1CC1. The fraction of sp³-hybridized carbons (Fsp3) is 0.619. The minimum absolute atomic E-state index is 0.0231. The van der Waals surface area contributed by atoms with Gasteiger partial charge in [0.25, 0.3) is 5.91 Å². The highest BCUT2D eigenvalue weighted by Crippen LogP contribution is 2.32. The fourth-order valence-corrected chi connectivity index (χ4v) is 5.21. The molecule has 2 aliphatic rings. The molecule has 0 saturated heterocycles. The number of carbonyl (C=O) groups excluding carboxylic acids is 2. The van der Waals surface area contributed by atoms with Gasteiger partial charge >= 0.3 is 5.97 Å². The van der Waals surface area contributed by atoms with E-state index in [0.717, 1.165) is 44.9 Å². The quantitative estimate of drug-likeness (QED) is 0.650. The second-order valence-electron chi connectivity index (χ2n) is 8.11. The maximum absolute atomic E-state index is 12.8. The van der Waals surface area contributed by atoms with E-state index in [1.807, 2.05) is 6.92 Å². The molecule has 0 heterocycles. The van der Waals surface area contributed by atoms with E-state index >= 15 is 0 Å². The van der Waals surface area contributed by atoms with E-state index in [9.17, 15) is 18.0 Å². The van der Waals surface area contributed by atoms with Crippen molar-refractivity contribution >= 4 is 21.9 Å². The summed E-state index contributed by atoms with van der Waals surface area (Å²) in [5.41, 5.74) is 0.215. The molecule has 8 heteroatoms. The molecule has 0 aliphatic heterocycles. The van der Waals surface area contributed by atoms with Crippen LogP contribution in [0.1, 0.15) is 62.2 Å². The summed E-state index contributed by atoms with van der Waals surface area (Å²) < 4.78 is 32.2. The average molecular weight is 423 g/mol. The molecule has 0 unspecified atom stereocenters. The van der Waals surface area contributed by atoms with Gasteiger partial charge in [-0.15, -0.1) is 0 Å². The molecule has 29 heavy (non-hydrogen) atoms. The summed E-state index contributed by atoms with van der Waals surface area (Å²) in [7, 11) is -1.99. The van der Waals surface area contributed by atoms with Gasteiger partial charge in [-0.1, -0.05) is 19.3 Å². The molecule has 2 aliphatic carbocycles. The lowest BCUT2D eigenvalue weighted by Crippen LogP contribution is -2.38. The van der Waals surface area contributed by atoms with Crippen LogP contribution in [0.4, 0.5) is 0 Å². The Hall–Kier alpha value is -1.93. The molecule has 3 rings (SSSR count). The Labute approximate surface area is 172 Å². The fourth-order valence-electron chi connectivity index (χ4n) is 3.79. The third-order valence-corrected chi connectivity index (χ3v) is 7.83. The second kappa shape index (κ2) is 9.26. The Bertz CT molecular complexity index is 827. The van der Waals surface area contributed by atoms with Gasteiger partial charge in [0.05, 0.1) is 10.5 Å². The third kappa shape index (κ3) is 5.57. The van der Waals surface area contributed by atoms with Crippen molar-refractivity contribution in [2.75, 3.05) is 13.7 Å². The number of rotatable bonds is 8. The first-order valence-corrected chi connectivity index (χ1v) is 11.8. The van der Waals surface area contributed by atoms with Crippen LogP contribution in [0.15, 0.2) is 29.2 Å². The number of sulfonamides is 1. The molecule has 0 bridgehead atoms. The van der Waals surface area contributed by atoms with Gasteiger partial charge in [0.2, 0.25) is 10.0 Å². The molecular formula is C21H30N2O5S. The Kier molecular flexibility index (Phi) is 6.95. The molecule has 2 fully saturated rings. The van der Waals surface area contributed by atoms with E-state index in [0.29, 0.717) is 5.92 Å². The number of esters is 1. The van der Waals surface area contributed by atoms with Crippen LogP contribution in [0.5, 0.6) is 0 Å². The van der Waals surface area contributed by atoms with Crippen molar-refractivity contribution in [1.82, 2.24) is 9.62 Å². The summed E-state index contributed by atoms with van der Waals surface area (Å²) in [4.78, 5) is 24.2. The van der Waals surface area contributed by atoms with Crippen molar-refractivity contribution in [3.05, 3.63) is 29.8 Å².